The quantitative estimate of drug-likeness (QED) is 0.767. The third kappa shape index (κ3) is 1.93. The van der Waals surface area contributed by atoms with Gasteiger partial charge >= 0.3 is 0 Å². The first kappa shape index (κ1) is 12.0. The van der Waals surface area contributed by atoms with Crippen molar-refractivity contribution in [3.63, 3.8) is 0 Å². The van der Waals surface area contributed by atoms with Crippen LogP contribution in [0.15, 0.2) is 5.38 Å². The van der Waals surface area contributed by atoms with Gasteiger partial charge in [0, 0.05) is 30.6 Å². The lowest BCUT2D eigenvalue weighted by molar-refractivity contribution is 0.0403. The van der Waals surface area contributed by atoms with Crippen molar-refractivity contribution in [2.45, 2.75) is 31.2 Å². The minimum absolute atomic E-state index is 0.0748. The summed E-state index contributed by atoms with van der Waals surface area (Å²) in [5.74, 6) is 0.0748. The predicted octanol–water partition coefficient (Wildman–Crippen LogP) is 1.24. The smallest absolute Gasteiger partial charge is 0.275 e. The van der Waals surface area contributed by atoms with Crippen LogP contribution in [0, 0.1) is 0 Å². The van der Waals surface area contributed by atoms with E-state index in [1.54, 1.807) is 5.38 Å². The Kier molecular flexibility index (Phi) is 3.07. The summed E-state index contributed by atoms with van der Waals surface area (Å²) < 4.78 is 3.80. The average molecular weight is 266 g/mol. The third-order valence-corrected chi connectivity index (χ3v) is 4.84. The van der Waals surface area contributed by atoms with Crippen LogP contribution in [0.25, 0.3) is 0 Å². The van der Waals surface area contributed by atoms with Gasteiger partial charge < -0.3 is 9.80 Å². The highest BCUT2D eigenvalue weighted by molar-refractivity contribution is 7.03. The average Bonchev–Trinajstić information content (AvgIpc) is 3.03. The molecule has 2 saturated heterocycles. The van der Waals surface area contributed by atoms with Gasteiger partial charge in [0.25, 0.3) is 5.91 Å². The van der Waals surface area contributed by atoms with Gasteiger partial charge in [-0.1, -0.05) is 4.49 Å². The van der Waals surface area contributed by atoms with Crippen LogP contribution in [0.2, 0.25) is 0 Å². The van der Waals surface area contributed by atoms with E-state index < -0.39 is 0 Å². The number of carbonyl (C=O) groups is 1. The number of nitrogens with zero attached hydrogens (tertiary/aromatic N) is 4. The van der Waals surface area contributed by atoms with Crippen molar-refractivity contribution in [2.75, 3.05) is 26.7 Å². The summed E-state index contributed by atoms with van der Waals surface area (Å²) in [6.07, 6.45) is 4.44. The van der Waals surface area contributed by atoms with Crippen LogP contribution >= 0.6 is 11.5 Å². The Morgan fingerprint density at radius 2 is 2.11 bits per heavy atom. The number of carbonyl (C=O) groups excluding carboxylic acids is 1. The molecular weight excluding hydrogens is 248 g/mol. The minimum atomic E-state index is 0.0748. The molecule has 1 aromatic rings. The maximum atomic E-state index is 12.5. The second-order valence-electron chi connectivity index (χ2n) is 5.38. The summed E-state index contributed by atoms with van der Waals surface area (Å²) in [7, 11) is 2.15. The molecule has 6 heteroatoms. The molecule has 0 aromatic carbocycles. The molecule has 0 N–H and O–H groups in total. The first-order valence-corrected chi connectivity index (χ1v) is 7.33. The van der Waals surface area contributed by atoms with Gasteiger partial charge in [0.05, 0.1) is 0 Å². The van der Waals surface area contributed by atoms with Crippen molar-refractivity contribution in [1.82, 2.24) is 19.4 Å². The Bertz CT molecular complexity index is 425. The van der Waals surface area contributed by atoms with Gasteiger partial charge in [-0.05, 0) is 44.3 Å². The van der Waals surface area contributed by atoms with Crippen molar-refractivity contribution in [3.05, 3.63) is 11.1 Å². The number of rotatable bonds is 1. The van der Waals surface area contributed by atoms with Crippen LogP contribution in [0.5, 0.6) is 0 Å². The zero-order valence-electron chi connectivity index (χ0n) is 10.6. The van der Waals surface area contributed by atoms with E-state index in [4.69, 9.17) is 0 Å². The molecule has 0 bridgehead atoms. The van der Waals surface area contributed by atoms with Gasteiger partial charge in [-0.15, -0.1) is 5.10 Å². The van der Waals surface area contributed by atoms with Crippen molar-refractivity contribution in [3.8, 4) is 0 Å². The summed E-state index contributed by atoms with van der Waals surface area (Å²) in [5, 5.41) is 5.67. The summed E-state index contributed by atoms with van der Waals surface area (Å²) in [6, 6.07) is 0. The second-order valence-corrected chi connectivity index (χ2v) is 5.99. The molecule has 2 aliphatic heterocycles. The Morgan fingerprint density at radius 3 is 2.78 bits per heavy atom. The van der Waals surface area contributed by atoms with Crippen molar-refractivity contribution >= 4 is 17.4 Å². The number of piperidine rings is 1. The summed E-state index contributed by atoms with van der Waals surface area (Å²) in [4.78, 5) is 16.9. The van der Waals surface area contributed by atoms with Crippen LogP contribution in [-0.2, 0) is 0 Å². The van der Waals surface area contributed by atoms with E-state index in [1.165, 1.54) is 11.5 Å². The third-order valence-electron chi connectivity index (χ3n) is 4.34. The van der Waals surface area contributed by atoms with E-state index in [-0.39, 0.29) is 11.4 Å². The zero-order chi connectivity index (χ0) is 12.6. The number of aromatic nitrogens is 2. The van der Waals surface area contributed by atoms with Gasteiger partial charge in [-0.2, -0.15) is 0 Å². The van der Waals surface area contributed by atoms with Crippen LogP contribution in [0.4, 0.5) is 0 Å². The van der Waals surface area contributed by atoms with Crippen molar-refractivity contribution in [2.24, 2.45) is 0 Å². The molecule has 0 saturated carbocycles. The fourth-order valence-corrected chi connectivity index (χ4v) is 3.64. The molecule has 0 unspecified atom stereocenters. The molecule has 0 aliphatic carbocycles. The first-order valence-electron chi connectivity index (χ1n) is 6.49. The van der Waals surface area contributed by atoms with E-state index >= 15 is 0 Å². The molecular formula is C12H18N4OS. The normalized spacial score (nSPS) is 23.7. The summed E-state index contributed by atoms with van der Waals surface area (Å²) in [6.45, 7) is 3.04. The fraction of sp³-hybridized carbons (Fsp3) is 0.750. The SMILES string of the molecule is CN1CCC2(CCCN2C(=O)c2csnn2)CC1. The molecule has 1 aromatic heterocycles. The Morgan fingerprint density at radius 1 is 1.33 bits per heavy atom. The highest BCUT2D eigenvalue weighted by Crippen LogP contribution is 2.38. The Balaban J connectivity index is 1.81. The molecule has 1 spiro atoms. The van der Waals surface area contributed by atoms with E-state index in [0.29, 0.717) is 5.69 Å². The molecule has 2 fully saturated rings. The van der Waals surface area contributed by atoms with Gasteiger partial charge in [-0.3, -0.25) is 4.79 Å². The van der Waals surface area contributed by atoms with Crippen LogP contribution < -0.4 is 0 Å². The number of likely N-dealkylation sites (tertiary alicyclic amines) is 2. The van der Waals surface area contributed by atoms with E-state index in [9.17, 15) is 4.79 Å². The molecule has 98 valence electrons. The molecule has 1 amide bonds. The zero-order valence-corrected chi connectivity index (χ0v) is 11.4. The number of hydrogen-bond acceptors (Lipinski definition) is 5. The van der Waals surface area contributed by atoms with Crippen molar-refractivity contribution < 1.29 is 4.79 Å². The lowest BCUT2D eigenvalue weighted by atomic mass is 9.85. The second kappa shape index (κ2) is 4.59. The van der Waals surface area contributed by atoms with Crippen LogP contribution in [-0.4, -0.2) is 57.5 Å². The molecule has 2 aliphatic rings. The molecule has 3 rings (SSSR count). The lowest BCUT2D eigenvalue weighted by Gasteiger charge is -2.43. The van der Waals surface area contributed by atoms with Crippen LogP contribution in [0.1, 0.15) is 36.2 Å². The Hall–Kier alpha value is -1.01. The lowest BCUT2D eigenvalue weighted by Crippen LogP contribution is -2.53. The van der Waals surface area contributed by atoms with Crippen LogP contribution in [0.3, 0.4) is 0 Å². The Labute approximate surface area is 111 Å². The van der Waals surface area contributed by atoms with Gasteiger partial charge in [0.2, 0.25) is 0 Å². The monoisotopic (exact) mass is 266 g/mol. The van der Waals surface area contributed by atoms with E-state index in [0.717, 1.165) is 45.3 Å². The molecule has 5 nitrogen and oxygen atoms in total. The molecule has 0 atom stereocenters. The van der Waals surface area contributed by atoms with Crippen molar-refractivity contribution in [1.29, 1.82) is 0 Å². The van der Waals surface area contributed by atoms with Gasteiger partial charge in [0.15, 0.2) is 5.69 Å². The molecule has 0 radical (unpaired) electrons. The predicted molar refractivity (Wildman–Crippen MR) is 69.6 cm³/mol. The highest BCUT2D eigenvalue weighted by Gasteiger charge is 2.45. The number of amides is 1. The largest absolute Gasteiger partial charge is 0.331 e. The minimum Gasteiger partial charge on any atom is -0.331 e. The maximum absolute atomic E-state index is 12.5. The standard InChI is InChI=1S/C12H18N4OS/c1-15-7-4-12(5-8-15)3-2-6-16(12)11(17)10-9-18-14-13-10/h9H,2-8H2,1H3. The highest BCUT2D eigenvalue weighted by atomic mass is 32.1. The number of hydrogen-bond donors (Lipinski definition) is 0. The van der Waals surface area contributed by atoms with E-state index in [1.807, 2.05) is 0 Å². The first-order chi connectivity index (χ1) is 8.71. The van der Waals surface area contributed by atoms with Gasteiger partial charge in [0.1, 0.15) is 0 Å². The molecule has 18 heavy (non-hydrogen) atoms. The van der Waals surface area contributed by atoms with E-state index in [2.05, 4.69) is 26.4 Å². The maximum Gasteiger partial charge on any atom is 0.275 e. The summed E-state index contributed by atoms with van der Waals surface area (Å²) in [5.41, 5.74) is 0.605. The topological polar surface area (TPSA) is 49.3 Å². The summed E-state index contributed by atoms with van der Waals surface area (Å²) >= 11 is 1.25. The molecule has 3 heterocycles. The fourth-order valence-electron chi connectivity index (χ4n) is 3.21. The van der Waals surface area contributed by atoms with Gasteiger partial charge in [-0.25, -0.2) is 0 Å².